The molecule has 2 aromatic carbocycles. The quantitative estimate of drug-likeness (QED) is 0.337. The van der Waals surface area contributed by atoms with Crippen LogP contribution in [0.3, 0.4) is 0 Å². The van der Waals surface area contributed by atoms with Crippen LogP contribution in [0, 0.1) is 0 Å². The van der Waals surface area contributed by atoms with Gasteiger partial charge in [0.2, 0.25) is 0 Å². The number of nitrogens with one attached hydrogen (secondary N) is 1. The normalized spacial score (nSPS) is 16.9. The second kappa shape index (κ2) is 11.3. The molecule has 0 bridgehead atoms. The molecule has 206 valence electrons. The number of alkyl halides is 3. The molecule has 39 heavy (non-hydrogen) atoms. The van der Waals surface area contributed by atoms with Crippen molar-refractivity contribution >= 4 is 27.9 Å². The highest BCUT2D eigenvalue weighted by Crippen LogP contribution is 2.44. The third kappa shape index (κ3) is 6.07. The van der Waals surface area contributed by atoms with Gasteiger partial charge in [0.05, 0.1) is 11.3 Å². The molecule has 1 atom stereocenters. The summed E-state index contributed by atoms with van der Waals surface area (Å²) in [5.41, 5.74) is 6.90. The summed E-state index contributed by atoms with van der Waals surface area (Å²) in [6.45, 7) is 3.37. The van der Waals surface area contributed by atoms with E-state index in [1.165, 1.54) is 25.1 Å². The summed E-state index contributed by atoms with van der Waals surface area (Å²) in [4.78, 5) is 14.5. The average molecular weight is 558 g/mol. The predicted octanol–water partition coefficient (Wildman–Crippen LogP) is 6.73. The minimum Gasteiger partial charge on any atom is -0.490 e. The molecule has 0 radical (unpaired) electrons. The summed E-state index contributed by atoms with van der Waals surface area (Å²) in [7, 11) is 0. The van der Waals surface area contributed by atoms with Crippen LogP contribution < -0.4 is 25.4 Å². The average Bonchev–Trinajstić information content (AvgIpc) is 3.21. The molecule has 1 fully saturated rings. The molecule has 1 saturated heterocycles. The number of halogens is 3. The Kier molecular flexibility index (Phi) is 7.86. The van der Waals surface area contributed by atoms with Gasteiger partial charge in [0.1, 0.15) is 33.6 Å². The number of rotatable bonds is 7. The Morgan fingerprint density at radius 3 is 2.67 bits per heavy atom. The molecule has 6 nitrogen and oxygen atoms in total. The number of benzene rings is 2. The van der Waals surface area contributed by atoms with Crippen molar-refractivity contribution in [1.29, 1.82) is 0 Å². The van der Waals surface area contributed by atoms with Crippen LogP contribution in [0.4, 0.5) is 23.9 Å². The summed E-state index contributed by atoms with van der Waals surface area (Å²) >= 11 is 1.14. The number of primary amides is 1. The first-order valence-electron chi connectivity index (χ1n) is 12.9. The molecule has 0 spiro atoms. The van der Waals surface area contributed by atoms with Gasteiger partial charge in [-0.15, -0.1) is 11.3 Å². The van der Waals surface area contributed by atoms with Crippen LogP contribution in [0.1, 0.15) is 58.7 Å². The number of nitrogens with two attached hydrogens (primary N) is 1. The number of allylic oxidation sites excluding steroid dienone is 1. The van der Waals surface area contributed by atoms with Crippen LogP contribution in [-0.4, -0.2) is 25.1 Å². The number of carbonyl (C=O) groups excluding carboxylic acids is 1. The number of fused-ring (bicyclic) bond motifs is 1. The van der Waals surface area contributed by atoms with Crippen molar-refractivity contribution in [1.82, 2.24) is 5.32 Å². The Hall–Kier alpha value is -3.50. The van der Waals surface area contributed by atoms with Gasteiger partial charge in [0, 0.05) is 23.9 Å². The molecule has 1 aromatic heterocycles. The fraction of sp³-hybridized carbons (Fsp3) is 0.345. The molecule has 0 unspecified atom stereocenters. The number of carbonyl (C=O) groups is 1. The molecular weight excluding hydrogens is 527 g/mol. The number of hydrogen-bond acceptors (Lipinski definition) is 6. The summed E-state index contributed by atoms with van der Waals surface area (Å²) in [6, 6.07) is 13.0. The van der Waals surface area contributed by atoms with E-state index in [1.54, 1.807) is 6.07 Å². The predicted molar refractivity (Wildman–Crippen MR) is 146 cm³/mol. The van der Waals surface area contributed by atoms with Gasteiger partial charge in [-0.3, -0.25) is 4.79 Å². The molecule has 3 heterocycles. The van der Waals surface area contributed by atoms with Gasteiger partial charge in [0.15, 0.2) is 0 Å². The van der Waals surface area contributed by atoms with Crippen LogP contribution in [0.25, 0.3) is 0 Å². The molecule has 0 aliphatic carbocycles. The highest BCUT2D eigenvalue weighted by molar-refractivity contribution is 7.18. The smallest absolute Gasteiger partial charge is 0.416 e. The summed E-state index contributed by atoms with van der Waals surface area (Å²) < 4.78 is 53.1. The van der Waals surface area contributed by atoms with E-state index in [2.05, 4.69) is 11.4 Å². The largest absolute Gasteiger partial charge is 0.490 e. The molecule has 2 aliphatic rings. The van der Waals surface area contributed by atoms with E-state index in [9.17, 15) is 18.0 Å². The third-order valence-electron chi connectivity index (χ3n) is 6.89. The number of amides is 1. The zero-order valence-electron chi connectivity index (χ0n) is 21.5. The van der Waals surface area contributed by atoms with E-state index >= 15 is 0 Å². The Labute approximate surface area is 229 Å². The van der Waals surface area contributed by atoms with Gasteiger partial charge in [-0.1, -0.05) is 30.3 Å². The van der Waals surface area contributed by atoms with Gasteiger partial charge in [-0.2, -0.15) is 13.2 Å². The molecule has 2 aliphatic heterocycles. The van der Waals surface area contributed by atoms with Gasteiger partial charge in [-0.05, 0) is 63.4 Å². The monoisotopic (exact) mass is 557 g/mol. The first kappa shape index (κ1) is 27.1. The first-order chi connectivity index (χ1) is 18.7. The minimum atomic E-state index is -4.53. The molecular formula is C29H30F3N3O3S. The van der Waals surface area contributed by atoms with E-state index < -0.39 is 23.8 Å². The Bertz CT molecular complexity index is 1370. The lowest BCUT2D eigenvalue weighted by atomic mass is 10.0. The number of ether oxygens (including phenoxy) is 2. The van der Waals surface area contributed by atoms with Crippen LogP contribution in [-0.2, 0) is 12.6 Å². The molecule has 5 rings (SSSR count). The van der Waals surface area contributed by atoms with E-state index in [0.717, 1.165) is 73.2 Å². The molecule has 3 aromatic rings. The topological polar surface area (TPSA) is 76.8 Å². The number of nitrogens with zero attached hydrogens (tertiary/aromatic N) is 1. The Balaban J connectivity index is 1.47. The highest BCUT2D eigenvalue weighted by atomic mass is 32.1. The van der Waals surface area contributed by atoms with Gasteiger partial charge in [0.25, 0.3) is 5.91 Å². The first-order valence-corrected chi connectivity index (χ1v) is 13.7. The number of aryl methyl sites for hydroxylation is 1. The van der Waals surface area contributed by atoms with Gasteiger partial charge >= 0.3 is 6.18 Å². The van der Waals surface area contributed by atoms with E-state index in [1.807, 2.05) is 29.3 Å². The lowest BCUT2D eigenvalue weighted by Gasteiger charge is -2.26. The summed E-state index contributed by atoms with van der Waals surface area (Å²) in [6.07, 6.45) is 2.15. The van der Waals surface area contributed by atoms with Crippen molar-refractivity contribution < 1.29 is 27.4 Å². The maximum Gasteiger partial charge on any atom is 0.416 e. The minimum absolute atomic E-state index is 0.0205. The number of piperidine rings is 1. The van der Waals surface area contributed by atoms with Gasteiger partial charge < -0.3 is 25.4 Å². The number of thiophene rings is 1. The summed E-state index contributed by atoms with van der Waals surface area (Å²) in [5.74, 6) is 0.203. The van der Waals surface area contributed by atoms with Gasteiger partial charge in [-0.25, -0.2) is 0 Å². The van der Waals surface area contributed by atoms with Crippen LogP contribution in [0.5, 0.6) is 11.5 Å². The molecule has 1 amide bonds. The molecule has 10 heteroatoms. The molecule has 0 saturated carbocycles. The third-order valence-corrected chi connectivity index (χ3v) is 8.02. The SMILES string of the molecule is C[C@@H](Oc1cc(N2C=CCCc3ccc(OC4CCNCC4)cc32)sc1C(N)=O)c1ccccc1C(F)(F)F. The van der Waals surface area contributed by atoms with Crippen LogP contribution >= 0.6 is 11.3 Å². The Morgan fingerprint density at radius 1 is 1.15 bits per heavy atom. The van der Waals surface area contributed by atoms with Crippen molar-refractivity contribution in [2.24, 2.45) is 5.73 Å². The van der Waals surface area contributed by atoms with E-state index in [4.69, 9.17) is 15.2 Å². The zero-order valence-corrected chi connectivity index (χ0v) is 22.3. The number of anilines is 2. The lowest BCUT2D eigenvalue weighted by molar-refractivity contribution is -0.139. The van der Waals surface area contributed by atoms with Crippen molar-refractivity contribution in [2.45, 2.75) is 51.0 Å². The fourth-order valence-corrected chi connectivity index (χ4v) is 5.89. The second-order valence-corrected chi connectivity index (χ2v) is 10.7. The molecule has 3 N–H and O–H groups in total. The summed E-state index contributed by atoms with van der Waals surface area (Å²) in [5, 5.41) is 4.00. The standard InChI is InChI=1S/C29H30F3N3O3S/c1-18(22-7-2-3-8-23(22)29(30,31)32)37-25-17-26(39-27(25)28(33)36)35-15-5-4-6-19-9-10-21(16-24(19)35)38-20-11-13-34-14-12-20/h2-3,5,7-10,15-18,20,34H,4,6,11-14H2,1H3,(H2,33,36)/t18-/m1/s1. The van der Waals surface area contributed by atoms with Crippen molar-refractivity contribution in [2.75, 3.05) is 18.0 Å². The second-order valence-electron chi connectivity index (χ2n) is 9.64. The number of hydrogen-bond donors (Lipinski definition) is 2. The fourth-order valence-electron chi connectivity index (χ4n) is 4.95. The van der Waals surface area contributed by atoms with Crippen LogP contribution in [0.2, 0.25) is 0 Å². The lowest BCUT2D eigenvalue weighted by Crippen LogP contribution is -2.34. The Morgan fingerprint density at radius 2 is 1.92 bits per heavy atom. The van der Waals surface area contributed by atoms with Crippen molar-refractivity contribution in [3.05, 3.63) is 82.4 Å². The van der Waals surface area contributed by atoms with Crippen molar-refractivity contribution in [3.8, 4) is 11.5 Å². The van der Waals surface area contributed by atoms with Crippen LogP contribution in [0.15, 0.2) is 60.8 Å². The maximum absolute atomic E-state index is 13.6. The maximum atomic E-state index is 13.6. The highest BCUT2D eigenvalue weighted by Gasteiger charge is 2.35. The van der Waals surface area contributed by atoms with E-state index in [0.29, 0.717) is 5.00 Å². The van der Waals surface area contributed by atoms with E-state index in [-0.39, 0.29) is 22.3 Å². The van der Waals surface area contributed by atoms with Crippen molar-refractivity contribution in [3.63, 3.8) is 0 Å². The zero-order chi connectivity index (χ0) is 27.6.